The molecule has 1 atom stereocenters. The normalized spacial score (nSPS) is 13.1. The van der Waals surface area contributed by atoms with Gasteiger partial charge in [-0.2, -0.15) is 11.8 Å². The number of nitrogens with one attached hydrogen (secondary N) is 1. The van der Waals surface area contributed by atoms with E-state index in [0.29, 0.717) is 12.1 Å². The van der Waals surface area contributed by atoms with Crippen LogP contribution >= 0.6 is 11.8 Å². The molecule has 18 heavy (non-hydrogen) atoms. The van der Waals surface area contributed by atoms with Crippen LogP contribution in [-0.2, 0) is 4.79 Å². The van der Waals surface area contributed by atoms with Crippen molar-refractivity contribution >= 4 is 23.5 Å². The smallest absolute Gasteiger partial charge is 0.235 e. The SMILES string of the molecule is CSCCNC(=O)C(C(N)=NO)c1ccccc1. The van der Waals surface area contributed by atoms with Crippen LogP contribution in [0, 0.1) is 0 Å². The van der Waals surface area contributed by atoms with Crippen LogP contribution in [0.3, 0.4) is 0 Å². The van der Waals surface area contributed by atoms with Crippen LogP contribution in [0.2, 0.25) is 0 Å². The van der Waals surface area contributed by atoms with Gasteiger partial charge in [0.25, 0.3) is 0 Å². The molecule has 6 heteroatoms. The molecule has 0 aliphatic carbocycles. The van der Waals surface area contributed by atoms with E-state index in [4.69, 9.17) is 10.9 Å². The van der Waals surface area contributed by atoms with Gasteiger partial charge in [0.15, 0.2) is 5.84 Å². The second kappa shape index (κ2) is 7.60. The Kier molecular flexibility index (Phi) is 6.07. The summed E-state index contributed by atoms with van der Waals surface area (Å²) in [6, 6.07) is 9.01. The van der Waals surface area contributed by atoms with E-state index in [1.807, 2.05) is 24.5 Å². The number of oxime groups is 1. The summed E-state index contributed by atoms with van der Waals surface area (Å²) in [6.45, 7) is 0.558. The van der Waals surface area contributed by atoms with Crippen LogP contribution in [-0.4, -0.2) is 35.5 Å². The van der Waals surface area contributed by atoms with Crippen molar-refractivity contribution in [1.29, 1.82) is 0 Å². The molecule has 0 aliphatic rings. The molecular weight excluding hydrogens is 250 g/mol. The van der Waals surface area contributed by atoms with Crippen molar-refractivity contribution < 1.29 is 10.0 Å². The average Bonchev–Trinajstić information content (AvgIpc) is 2.40. The minimum atomic E-state index is -0.752. The molecular formula is C12H17N3O2S. The van der Waals surface area contributed by atoms with Gasteiger partial charge in [0.2, 0.25) is 5.91 Å². The van der Waals surface area contributed by atoms with Gasteiger partial charge in [0.05, 0.1) is 0 Å². The fourth-order valence-corrected chi connectivity index (χ4v) is 1.84. The summed E-state index contributed by atoms with van der Waals surface area (Å²) >= 11 is 1.64. The third-order valence-corrected chi connectivity index (χ3v) is 3.02. The highest BCUT2D eigenvalue weighted by molar-refractivity contribution is 7.98. The fraction of sp³-hybridized carbons (Fsp3) is 0.333. The Labute approximate surface area is 110 Å². The molecule has 1 amide bonds. The first kappa shape index (κ1) is 14.4. The standard InChI is InChI=1S/C12H17N3O2S/c1-18-8-7-14-12(16)10(11(13)15-17)9-5-3-2-4-6-9/h2-6,10,17H,7-8H2,1H3,(H2,13,15)(H,14,16). The maximum atomic E-state index is 12.0. The topological polar surface area (TPSA) is 87.7 Å². The molecule has 5 nitrogen and oxygen atoms in total. The summed E-state index contributed by atoms with van der Waals surface area (Å²) in [4.78, 5) is 12.0. The molecule has 0 bridgehead atoms. The first-order valence-corrected chi connectivity index (χ1v) is 6.89. The van der Waals surface area contributed by atoms with Crippen molar-refractivity contribution in [1.82, 2.24) is 5.32 Å². The maximum Gasteiger partial charge on any atom is 0.235 e. The van der Waals surface area contributed by atoms with Gasteiger partial charge in [0.1, 0.15) is 5.92 Å². The third-order valence-electron chi connectivity index (χ3n) is 2.41. The van der Waals surface area contributed by atoms with Crippen LogP contribution in [0.15, 0.2) is 35.5 Å². The Morgan fingerprint density at radius 3 is 2.72 bits per heavy atom. The molecule has 98 valence electrons. The molecule has 0 saturated heterocycles. The lowest BCUT2D eigenvalue weighted by Gasteiger charge is -2.15. The summed E-state index contributed by atoms with van der Waals surface area (Å²) < 4.78 is 0. The number of hydrogen-bond donors (Lipinski definition) is 3. The van der Waals surface area contributed by atoms with Gasteiger partial charge in [0, 0.05) is 12.3 Å². The van der Waals surface area contributed by atoms with Crippen LogP contribution in [0.5, 0.6) is 0 Å². The minimum absolute atomic E-state index is 0.108. The molecule has 1 rings (SSSR count). The molecule has 0 spiro atoms. The fourth-order valence-electron chi connectivity index (χ4n) is 1.54. The maximum absolute atomic E-state index is 12.0. The van der Waals surface area contributed by atoms with Crippen molar-refractivity contribution in [3.8, 4) is 0 Å². The van der Waals surface area contributed by atoms with E-state index < -0.39 is 5.92 Å². The Bertz CT molecular complexity index is 409. The summed E-state index contributed by atoms with van der Waals surface area (Å²) in [5.74, 6) is -0.296. The summed E-state index contributed by atoms with van der Waals surface area (Å²) in [6.07, 6.45) is 1.96. The number of amides is 1. The number of rotatable bonds is 6. The van der Waals surface area contributed by atoms with E-state index in [1.165, 1.54) is 0 Å². The highest BCUT2D eigenvalue weighted by atomic mass is 32.2. The predicted octanol–water partition coefficient (Wildman–Crippen LogP) is 0.996. The minimum Gasteiger partial charge on any atom is -0.409 e. The number of thioether (sulfide) groups is 1. The predicted molar refractivity (Wildman–Crippen MR) is 74.0 cm³/mol. The molecule has 0 aromatic heterocycles. The Hall–Kier alpha value is -1.69. The van der Waals surface area contributed by atoms with Crippen molar-refractivity contribution in [3.63, 3.8) is 0 Å². The van der Waals surface area contributed by atoms with E-state index >= 15 is 0 Å². The molecule has 1 unspecified atom stereocenters. The Morgan fingerprint density at radius 1 is 1.50 bits per heavy atom. The summed E-state index contributed by atoms with van der Waals surface area (Å²) in [7, 11) is 0. The number of nitrogens with two attached hydrogens (primary N) is 1. The lowest BCUT2D eigenvalue weighted by Crippen LogP contribution is -2.38. The van der Waals surface area contributed by atoms with E-state index in [0.717, 1.165) is 5.75 Å². The Balaban J connectivity index is 2.83. The molecule has 4 N–H and O–H groups in total. The van der Waals surface area contributed by atoms with Crippen molar-refractivity contribution in [3.05, 3.63) is 35.9 Å². The molecule has 0 saturated carbocycles. The zero-order chi connectivity index (χ0) is 13.4. The first-order chi connectivity index (χ1) is 8.70. The zero-order valence-corrected chi connectivity index (χ0v) is 11.0. The summed E-state index contributed by atoms with van der Waals surface area (Å²) in [5.41, 5.74) is 6.29. The highest BCUT2D eigenvalue weighted by Crippen LogP contribution is 2.15. The van der Waals surface area contributed by atoms with Gasteiger partial charge in [-0.1, -0.05) is 35.5 Å². The largest absolute Gasteiger partial charge is 0.409 e. The van der Waals surface area contributed by atoms with E-state index in [9.17, 15) is 4.79 Å². The zero-order valence-electron chi connectivity index (χ0n) is 10.2. The van der Waals surface area contributed by atoms with E-state index in [-0.39, 0.29) is 11.7 Å². The molecule has 0 fully saturated rings. The molecule has 1 aromatic carbocycles. The van der Waals surface area contributed by atoms with E-state index in [2.05, 4.69) is 10.5 Å². The molecule has 0 aliphatic heterocycles. The second-order valence-corrected chi connectivity index (χ2v) is 4.64. The number of amidine groups is 1. The number of hydrogen-bond acceptors (Lipinski definition) is 4. The lowest BCUT2D eigenvalue weighted by molar-refractivity contribution is -0.121. The number of nitrogens with zero attached hydrogens (tertiary/aromatic N) is 1. The van der Waals surface area contributed by atoms with Gasteiger partial charge in [-0.15, -0.1) is 0 Å². The van der Waals surface area contributed by atoms with Crippen LogP contribution in [0.4, 0.5) is 0 Å². The average molecular weight is 267 g/mol. The van der Waals surface area contributed by atoms with E-state index in [1.54, 1.807) is 23.9 Å². The molecule has 1 aromatic rings. The third kappa shape index (κ3) is 3.96. The van der Waals surface area contributed by atoms with Crippen molar-refractivity contribution in [2.75, 3.05) is 18.6 Å². The molecule has 0 radical (unpaired) electrons. The second-order valence-electron chi connectivity index (χ2n) is 3.65. The van der Waals surface area contributed by atoms with Gasteiger partial charge in [-0.05, 0) is 11.8 Å². The van der Waals surface area contributed by atoms with Gasteiger partial charge in [-0.25, -0.2) is 0 Å². The van der Waals surface area contributed by atoms with Crippen LogP contribution < -0.4 is 11.1 Å². The summed E-state index contributed by atoms with van der Waals surface area (Å²) in [5, 5.41) is 14.5. The van der Waals surface area contributed by atoms with Crippen LogP contribution in [0.25, 0.3) is 0 Å². The quantitative estimate of drug-likeness (QED) is 0.236. The lowest BCUT2D eigenvalue weighted by atomic mass is 9.97. The van der Waals surface area contributed by atoms with Crippen molar-refractivity contribution in [2.45, 2.75) is 5.92 Å². The van der Waals surface area contributed by atoms with Crippen molar-refractivity contribution in [2.24, 2.45) is 10.9 Å². The monoisotopic (exact) mass is 267 g/mol. The number of carbonyl (C=O) groups excluding carboxylic acids is 1. The van der Waals surface area contributed by atoms with Crippen LogP contribution in [0.1, 0.15) is 11.5 Å². The first-order valence-electron chi connectivity index (χ1n) is 5.49. The number of benzene rings is 1. The Morgan fingerprint density at radius 2 is 2.17 bits per heavy atom. The van der Waals surface area contributed by atoms with Gasteiger partial charge >= 0.3 is 0 Å². The van der Waals surface area contributed by atoms with Gasteiger partial charge in [-0.3, -0.25) is 4.79 Å². The van der Waals surface area contributed by atoms with Gasteiger partial charge < -0.3 is 16.3 Å². The highest BCUT2D eigenvalue weighted by Gasteiger charge is 2.24. The number of carbonyl (C=O) groups is 1. The molecule has 0 heterocycles.